The molecule has 0 spiro atoms. The number of nitrogens with one attached hydrogen (secondary N) is 1. The average Bonchev–Trinajstić information content (AvgIpc) is 3.21. The number of morpholine rings is 1. The Labute approximate surface area is 182 Å². The second kappa shape index (κ2) is 9.04. The normalized spacial score (nSPS) is 14.5. The van der Waals surface area contributed by atoms with E-state index in [1.54, 1.807) is 0 Å². The molecule has 4 heterocycles. The van der Waals surface area contributed by atoms with Crippen molar-refractivity contribution in [3.63, 3.8) is 0 Å². The third-order valence-corrected chi connectivity index (χ3v) is 6.15. The number of aryl methyl sites for hydroxylation is 1. The molecule has 31 heavy (non-hydrogen) atoms. The van der Waals surface area contributed by atoms with Crippen LogP contribution in [-0.4, -0.2) is 47.8 Å². The minimum absolute atomic E-state index is 0.763. The number of nitrogens with zero attached hydrogens (tertiary/aromatic N) is 3. The van der Waals surface area contributed by atoms with Crippen molar-refractivity contribution in [1.82, 2.24) is 15.0 Å². The van der Waals surface area contributed by atoms with E-state index >= 15 is 0 Å². The van der Waals surface area contributed by atoms with Gasteiger partial charge in [0.05, 0.1) is 30.8 Å². The number of unbranched alkanes of at least 4 members (excludes halogenated alkanes) is 2. The van der Waals surface area contributed by atoms with E-state index in [9.17, 15) is 0 Å². The number of aromatic amines is 1. The van der Waals surface area contributed by atoms with Gasteiger partial charge in [0.25, 0.3) is 0 Å². The zero-order valence-electron chi connectivity index (χ0n) is 17.8. The highest BCUT2D eigenvalue weighted by Gasteiger charge is 2.13. The van der Waals surface area contributed by atoms with Gasteiger partial charge in [0.1, 0.15) is 5.65 Å². The van der Waals surface area contributed by atoms with Crippen molar-refractivity contribution in [2.24, 2.45) is 5.73 Å². The minimum Gasteiger partial charge on any atom is -0.378 e. The first-order chi connectivity index (χ1) is 15.3. The first-order valence-electron chi connectivity index (χ1n) is 11.2. The van der Waals surface area contributed by atoms with Gasteiger partial charge in [-0.2, -0.15) is 0 Å². The van der Waals surface area contributed by atoms with E-state index in [0.717, 1.165) is 86.6 Å². The van der Waals surface area contributed by atoms with Crippen molar-refractivity contribution < 1.29 is 4.74 Å². The van der Waals surface area contributed by atoms with Crippen molar-refractivity contribution in [2.75, 3.05) is 37.7 Å². The van der Waals surface area contributed by atoms with Crippen LogP contribution < -0.4 is 10.6 Å². The van der Waals surface area contributed by atoms with Gasteiger partial charge in [0, 0.05) is 41.1 Å². The van der Waals surface area contributed by atoms with Crippen LogP contribution in [0, 0.1) is 0 Å². The second-order valence-corrected chi connectivity index (χ2v) is 8.18. The Morgan fingerprint density at radius 2 is 1.90 bits per heavy atom. The molecule has 1 aliphatic heterocycles. The molecule has 1 fully saturated rings. The van der Waals surface area contributed by atoms with Crippen molar-refractivity contribution in [1.29, 1.82) is 0 Å². The fourth-order valence-corrected chi connectivity index (χ4v) is 4.45. The first-order valence-corrected chi connectivity index (χ1v) is 11.2. The van der Waals surface area contributed by atoms with Gasteiger partial charge in [-0.1, -0.05) is 12.5 Å². The highest BCUT2D eigenvalue weighted by Crippen LogP contribution is 2.32. The Kier molecular flexibility index (Phi) is 5.82. The molecule has 0 unspecified atom stereocenters. The van der Waals surface area contributed by atoms with Gasteiger partial charge in [-0.15, -0.1) is 0 Å². The van der Waals surface area contributed by atoms with Gasteiger partial charge in [-0.3, -0.25) is 4.98 Å². The molecule has 1 aliphatic rings. The predicted octanol–water partition coefficient (Wildman–Crippen LogP) is 4.29. The van der Waals surface area contributed by atoms with E-state index in [4.69, 9.17) is 15.5 Å². The molecule has 3 N–H and O–H groups in total. The maximum atomic E-state index is 5.65. The standard InChI is InChI=1S/C25H29N5O/c26-10-3-1-2-4-18-9-11-27-25-24(18)21-16-19(5-7-23(21)29-25)22-8-6-20(17-28-22)30-12-14-31-15-13-30/h5-9,11,16-17H,1-4,10,12-15,26H2,(H,27,29). The zero-order chi connectivity index (χ0) is 21.0. The first kappa shape index (κ1) is 20.0. The van der Waals surface area contributed by atoms with Crippen molar-refractivity contribution >= 4 is 27.6 Å². The molecule has 1 aromatic carbocycles. The average molecular weight is 416 g/mol. The number of benzene rings is 1. The Morgan fingerprint density at radius 3 is 2.71 bits per heavy atom. The fourth-order valence-electron chi connectivity index (χ4n) is 4.45. The molecule has 1 saturated heterocycles. The van der Waals surface area contributed by atoms with E-state index in [1.165, 1.54) is 16.3 Å². The number of ether oxygens (including phenoxy) is 1. The van der Waals surface area contributed by atoms with Crippen LogP contribution in [0.15, 0.2) is 48.8 Å². The maximum absolute atomic E-state index is 5.65. The summed E-state index contributed by atoms with van der Waals surface area (Å²) < 4.78 is 5.45. The van der Waals surface area contributed by atoms with Gasteiger partial charge in [0.2, 0.25) is 0 Å². The van der Waals surface area contributed by atoms with Crippen LogP contribution in [0.2, 0.25) is 0 Å². The van der Waals surface area contributed by atoms with Crippen LogP contribution in [0.5, 0.6) is 0 Å². The minimum atomic E-state index is 0.763. The van der Waals surface area contributed by atoms with Crippen molar-refractivity contribution in [3.05, 3.63) is 54.4 Å². The van der Waals surface area contributed by atoms with Gasteiger partial charge in [-0.25, -0.2) is 4.98 Å². The summed E-state index contributed by atoms with van der Waals surface area (Å²) >= 11 is 0. The molecule has 0 radical (unpaired) electrons. The SMILES string of the molecule is NCCCCCc1ccnc2[nH]c3ccc(-c4ccc(N5CCOCC5)cn4)cc3c12. The summed E-state index contributed by atoms with van der Waals surface area (Å²) in [4.78, 5) is 15.2. The third-order valence-electron chi connectivity index (χ3n) is 6.15. The Balaban J connectivity index is 1.46. The highest BCUT2D eigenvalue weighted by molar-refractivity contribution is 6.08. The molecule has 6 heteroatoms. The number of nitrogens with two attached hydrogens (primary N) is 1. The molecule has 160 valence electrons. The molecule has 0 saturated carbocycles. The van der Waals surface area contributed by atoms with E-state index in [1.807, 2.05) is 12.4 Å². The summed E-state index contributed by atoms with van der Waals surface area (Å²) in [6, 6.07) is 13.0. The Hall–Kier alpha value is -2.96. The zero-order valence-corrected chi connectivity index (χ0v) is 17.8. The topological polar surface area (TPSA) is 80.1 Å². The second-order valence-electron chi connectivity index (χ2n) is 8.18. The molecule has 0 aliphatic carbocycles. The maximum Gasteiger partial charge on any atom is 0.138 e. The lowest BCUT2D eigenvalue weighted by Crippen LogP contribution is -2.36. The Morgan fingerprint density at radius 1 is 1.00 bits per heavy atom. The number of pyridine rings is 2. The van der Waals surface area contributed by atoms with Gasteiger partial charge >= 0.3 is 0 Å². The number of fused-ring (bicyclic) bond motifs is 3. The molecule has 0 amide bonds. The fraction of sp³-hybridized carbons (Fsp3) is 0.360. The lowest BCUT2D eigenvalue weighted by molar-refractivity contribution is 0.122. The number of hydrogen-bond donors (Lipinski definition) is 2. The molecule has 5 rings (SSSR count). The molecule has 4 aromatic rings. The van der Waals surface area contributed by atoms with Crippen molar-refractivity contribution in [2.45, 2.75) is 25.7 Å². The molecular weight excluding hydrogens is 386 g/mol. The lowest BCUT2D eigenvalue weighted by atomic mass is 10.0. The van der Waals surface area contributed by atoms with Crippen LogP contribution in [0.3, 0.4) is 0 Å². The molecule has 6 nitrogen and oxygen atoms in total. The van der Waals surface area contributed by atoms with Gasteiger partial charge in [-0.05, 0) is 61.7 Å². The van der Waals surface area contributed by atoms with Crippen LogP contribution >= 0.6 is 0 Å². The molecule has 0 atom stereocenters. The summed E-state index contributed by atoms with van der Waals surface area (Å²) in [6.07, 6.45) is 8.31. The highest BCUT2D eigenvalue weighted by atomic mass is 16.5. The van der Waals surface area contributed by atoms with Crippen LogP contribution in [0.1, 0.15) is 24.8 Å². The number of H-pyrrole nitrogens is 1. The van der Waals surface area contributed by atoms with Gasteiger partial charge < -0.3 is 20.4 Å². The summed E-state index contributed by atoms with van der Waals surface area (Å²) in [5.74, 6) is 0. The van der Waals surface area contributed by atoms with Crippen LogP contribution in [-0.2, 0) is 11.2 Å². The summed E-state index contributed by atoms with van der Waals surface area (Å²) in [7, 11) is 0. The van der Waals surface area contributed by atoms with E-state index in [-0.39, 0.29) is 0 Å². The van der Waals surface area contributed by atoms with Crippen molar-refractivity contribution in [3.8, 4) is 11.3 Å². The summed E-state index contributed by atoms with van der Waals surface area (Å²) in [5, 5.41) is 2.45. The van der Waals surface area contributed by atoms with E-state index in [0.29, 0.717) is 0 Å². The smallest absolute Gasteiger partial charge is 0.138 e. The number of hydrogen-bond acceptors (Lipinski definition) is 5. The van der Waals surface area contributed by atoms with E-state index in [2.05, 4.69) is 51.3 Å². The number of rotatable bonds is 7. The molecule has 3 aromatic heterocycles. The number of aromatic nitrogens is 3. The van der Waals surface area contributed by atoms with Crippen LogP contribution in [0.4, 0.5) is 5.69 Å². The lowest BCUT2D eigenvalue weighted by Gasteiger charge is -2.28. The number of anilines is 1. The predicted molar refractivity (Wildman–Crippen MR) is 126 cm³/mol. The van der Waals surface area contributed by atoms with Gasteiger partial charge in [0.15, 0.2) is 0 Å². The monoisotopic (exact) mass is 415 g/mol. The Bertz CT molecular complexity index is 1160. The largest absolute Gasteiger partial charge is 0.378 e. The van der Waals surface area contributed by atoms with E-state index < -0.39 is 0 Å². The molecular formula is C25H29N5O. The quantitative estimate of drug-likeness (QED) is 0.440. The molecule has 0 bridgehead atoms. The third kappa shape index (κ3) is 4.13. The summed E-state index contributed by atoms with van der Waals surface area (Å²) in [6.45, 7) is 4.16. The van der Waals surface area contributed by atoms with Crippen LogP contribution in [0.25, 0.3) is 33.2 Å². The summed E-state index contributed by atoms with van der Waals surface area (Å²) in [5.41, 5.74) is 12.3.